The Balaban J connectivity index is 2.18. The summed E-state index contributed by atoms with van der Waals surface area (Å²) in [7, 11) is -3.91. The molecule has 0 amide bonds. The predicted octanol–water partition coefficient (Wildman–Crippen LogP) is 3.14. The average molecular weight is 329 g/mol. The van der Waals surface area contributed by atoms with Gasteiger partial charge in [0.15, 0.2) is 5.82 Å². The first-order valence-corrected chi connectivity index (χ1v) is 8.15. The average Bonchev–Trinajstić information content (AvgIpc) is 2.58. The quantitative estimate of drug-likeness (QED) is 0.738. The van der Waals surface area contributed by atoms with Gasteiger partial charge >= 0.3 is 0 Å². The number of hydrogen-bond donors (Lipinski definition) is 0. The molecule has 1 aromatic heterocycles. The zero-order chi connectivity index (χ0) is 16.3. The molecule has 3 rings (SSSR count). The van der Waals surface area contributed by atoms with Crippen LogP contribution in [0.4, 0.5) is 15.9 Å². The number of hydrogen-bond acceptors (Lipinski definition) is 4. The Morgan fingerprint density at radius 1 is 0.913 bits per heavy atom. The molecule has 116 valence electrons. The molecule has 0 unspecified atom stereocenters. The van der Waals surface area contributed by atoms with E-state index >= 15 is 0 Å². The van der Waals surface area contributed by atoms with Crippen molar-refractivity contribution in [1.29, 1.82) is 0 Å². The van der Waals surface area contributed by atoms with E-state index in [1.165, 1.54) is 55.0 Å². The third-order valence-electron chi connectivity index (χ3n) is 3.10. The maximum absolute atomic E-state index is 13.2. The second-order valence-corrected chi connectivity index (χ2v) is 6.41. The predicted molar refractivity (Wildman–Crippen MR) is 84.2 cm³/mol. The Bertz CT molecular complexity index is 886. The van der Waals surface area contributed by atoms with Gasteiger partial charge in [-0.3, -0.25) is 4.98 Å². The van der Waals surface area contributed by atoms with Crippen LogP contribution in [0.3, 0.4) is 0 Å². The summed E-state index contributed by atoms with van der Waals surface area (Å²) in [4.78, 5) is 8.08. The number of rotatable bonds is 4. The molecular weight excluding hydrogens is 317 g/mol. The van der Waals surface area contributed by atoms with Crippen molar-refractivity contribution in [2.75, 3.05) is 4.31 Å². The summed E-state index contributed by atoms with van der Waals surface area (Å²) < 4.78 is 40.2. The number of benzene rings is 2. The highest BCUT2D eigenvalue weighted by atomic mass is 32.2. The molecule has 0 N–H and O–H groups in total. The van der Waals surface area contributed by atoms with Crippen molar-refractivity contribution in [1.82, 2.24) is 9.97 Å². The first-order chi connectivity index (χ1) is 11.1. The Kier molecular flexibility index (Phi) is 4.03. The Morgan fingerprint density at radius 2 is 1.61 bits per heavy atom. The van der Waals surface area contributed by atoms with Crippen molar-refractivity contribution in [3.05, 3.63) is 79.0 Å². The van der Waals surface area contributed by atoms with Crippen molar-refractivity contribution in [2.45, 2.75) is 4.90 Å². The molecule has 0 fully saturated rings. The largest absolute Gasteiger partial charge is 0.269 e. The minimum atomic E-state index is -3.91. The van der Waals surface area contributed by atoms with E-state index in [1.807, 2.05) is 0 Å². The van der Waals surface area contributed by atoms with Crippen LogP contribution in [0.2, 0.25) is 0 Å². The highest BCUT2D eigenvalue weighted by Gasteiger charge is 2.27. The Morgan fingerprint density at radius 3 is 2.22 bits per heavy atom. The van der Waals surface area contributed by atoms with Crippen LogP contribution in [0.1, 0.15) is 0 Å². The monoisotopic (exact) mass is 329 g/mol. The van der Waals surface area contributed by atoms with Crippen LogP contribution in [0.5, 0.6) is 0 Å². The Labute approximate surface area is 133 Å². The number of aromatic nitrogens is 2. The molecule has 0 saturated carbocycles. The fourth-order valence-electron chi connectivity index (χ4n) is 2.06. The molecule has 0 radical (unpaired) electrons. The van der Waals surface area contributed by atoms with E-state index in [-0.39, 0.29) is 16.4 Å². The lowest BCUT2D eigenvalue weighted by Crippen LogP contribution is -2.27. The van der Waals surface area contributed by atoms with Crippen molar-refractivity contribution in [3.8, 4) is 0 Å². The molecule has 0 aliphatic carbocycles. The highest BCUT2D eigenvalue weighted by Crippen LogP contribution is 2.30. The van der Waals surface area contributed by atoms with Crippen LogP contribution in [0.15, 0.2) is 78.1 Å². The fourth-order valence-corrected chi connectivity index (χ4v) is 3.52. The molecule has 7 heteroatoms. The number of halogens is 1. The standard InChI is InChI=1S/C16H12FN3O2S/c17-13-6-8-14(9-7-13)20(16-12-18-10-11-19-16)23(21,22)15-4-2-1-3-5-15/h1-12H. The Hall–Kier alpha value is -2.80. The molecule has 0 aliphatic rings. The highest BCUT2D eigenvalue weighted by molar-refractivity contribution is 7.93. The van der Waals surface area contributed by atoms with Crippen LogP contribution in [-0.2, 0) is 10.0 Å². The summed E-state index contributed by atoms with van der Waals surface area (Å²) in [6.07, 6.45) is 4.18. The summed E-state index contributed by atoms with van der Waals surface area (Å²) in [5, 5.41) is 0. The number of anilines is 2. The molecule has 0 aliphatic heterocycles. The fraction of sp³-hybridized carbons (Fsp3) is 0. The van der Waals surface area contributed by atoms with Gasteiger partial charge in [-0.2, -0.15) is 0 Å². The van der Waals surface area contributed by atoms with Crippen molar-refractivity contribution in [3.63, 3.8) is 0 Å². The lowest BCUT2D eigenvalue weighted by atomic mass is 10.3. The third-order valence-corrected chi connectivity index (χ3v) is 4.85. The molecule has 23 heavy (non-hydrogen) atoms. The normalized spacial score (nSPS) is 11.2. The van der Waals surface area contributed by atoms with Crippen molar-refractivity contribution >= 4 is 21.5 Å². The lowest BCUT2D eigenvalue weighted by molar-refractivity contribution is 0.595. The molecular formula is C16H12FN3O2S. The maximum atomic E-state index is 13.2. The van der Waals surface area contributed by atoms with Crippen molar-refractivity contribution < 1.29 is 12.8 Å². The van der Waals surface area contributed by atoms with E-state index < -0.39 is 15.8 Å². The van der Waals surface area contributed by atoms with Gasteiger partial charge in [0, 0.05) is 12.4 Å². The molecule has 0 spiro atoms. The third kappa shape index (κ3) is 3.04. The molecule has 0 bridgehead atoms. The first kappa shape index (κ1) is 15.1. The minimum absolute atomic E-state index is 0.106. The first-order valence-electron chi connectivity index (χ1n) is 6.71. The zero-order valence-electron chi connectivity index (χ0n) is 11.9. The summed E-state index contributed by atoms with van der Waals surface area (Å²) in [6, 6.07) is 13.1. The lowest BCUT2D eigenvalue weighted by Gasteiger charge is -2.23. The topological polar surface area (TPSA) is 63.2 Å². The minimum Gasteiger partial charge on any atom is -0.259 e. The molecule has 3 aromatic rings. The second kappa shape index (κ2) is 6.13. The maximum Gasteiger partial charge on any atom is 0.269 e. The summed E-state index contributed by atoms with van der Waals surface area (Å²) in [6.45, 7) is 0. The summed E-state index contributed by atoms with van der Waals surface area (Å²) >= 11 is 0. The van der Waals surface area contributed by atoms with Gasteiger partial charge < -0.3 is 0 Å². The van der Waals surface area contributed by atoms with E-state index in [0.717, 1.165) is 4.31 Å². The molecule has 1 heterocycles. The second-order valence-electron chi connectivity index (χ2n) is 4.62. The SMILES string of the molecule is O=S(=O)(c1ccccc1)N(c1ccc(F)cc1)c1cnccn1. The zero-order valence-corrected chi connectivity index (χ0v) is 12.7. The van der Waals surface area contributed by atoms with Gasteiger partial charge in [-0.15, -0.1) is 0 Å². The van der Waals surface area contributed by atoms with Gasteiger partial charge in [0.25, 0.3) is 10.0 Å². The van der Waals surface area contributed by atoms with Gasteiger partial charge in [-0.1, -0.05) is 18.2 Å². The van der Waals surface area contributed by atoms with E-state index in [0.29, 0.717) is 0 Å². The van der Waals surface area contributed by atoms with Gasteiger partial charge in [0.2, 0.25) is 0 Å². The van der Waals surface area contributed by atoms with Crippen LogP contribution < -0.4 is 4.31 Å². The number of sulfonamides is 1. The van der Waals surface area contributed by atoms with Gasteiger partial charge in [-0.05, 0) is 36.4 Å². The van der Waals surface area contributed by atoms with E-state index in [4.69, 9.17) is 0 Å². The van der Waals surface area contributed by atoms with Gasteiger partial charge in [0.1, 0.15) is 5.82 Å². The van der Waals surface area contributed by atoms with Crippen LogP contribution in [0.25, 0.3) is 0 Å². The molecule has 0 atom stereocenters. The molecule has 2 aromatic carbocycles. The summed E-state index contributed by atoms with van der Waals surface area (Å²) in [5.74, 6) is -0.326. The van der Waals surface area contributed by atoms with Crippen molar-refractivity contribution in [2.24, 2.45) is 0 Å². The molecule has 5 nitrogen and oxygen atoms in total. The van der Waals surface area contributed by atoms with Crippen LogP contribution >= 0.6 is 0 Å². The van der Waals surface area contributed by atoms with Crippen LogP contribution in [-0.4, -0.2) is 18.4 Å². The molecule has 0 saturated heterocycles. The van der Waals surface area contributed by atoms with E-state index in [1.54, 1.807) is 18.2 Å². The van der Waals surface area contributed by atoms with E-state index in [9.17, 15) is 12.8 Å². The van der Waals surface area contributed by atoms with Gasteiger partial charge in [0.05, 0.1) is 16.8 Å². The van der Waals surface area contributed by atoms with Gasteiger partial charge in [-0.25, -0.2) is 22.1 Å². The smallest absolute Gasteiger partial charge is 0.259 e. The van der Waals surface area contributed by atoms with Crippen LogP contribution in [0, 0.1) is 5.82 Å². The summed E-state index contributed by atoms with van der Waals surface area (Å²) in [5.41, 5.74) is 0.274. The number of nitrogens with zero attached hydrogens (tertiary/aromatic N) is 3. The van der Waals surface area contributed by atoms with E-state index in [2.05, 4.69) is 9.97 Å².